The van der Waals surface area contributed by atoms with E-state index in [2.05, 4.69) is 0 Å². The molecule has 1 N–H and O–H groups in total. The molecule has 0 aliphatic heterocycles. The Morgan fingerprint density at radius 3 is 1.45 bits per heavy atom. The zero-order valence-electron chi connectivity index (χ0n) is 10.1. The highest BCUT2D eigenvalue weighted by molar-refractivity contribution is 8.46. The van der Waals surface area contributed by atoms with Gasteiger partial charge in [-0.15, -0.1) is 0 Å². The van der Waals surface area contributed by atoms with Crippen molar-refractivity contribution >= 4 is 16.5 Å². The average molecular weight is 314 g/mol. The van der Waals surface area contributed by atoms with E-state index in [9.17, 15) is 13.0 Å². The Labute approximate surface area is 116 Å². The SMILES string of the molecule is O=P(Oc1ccccc1)(Oc1ccccc1)S(=O)(=O)O. The number of rotatable bonds is 5. The van der Waals surface area contributed by atoms with Crippen molar-refractivity contribution in [2.24, 2.45) is 0 Å². The molecule has 0 aliphatic carbocycles. The minimum Gasteiger partial charge on any atom is -0.404 e. The van der Waals surface area contributed by atoms with Crippen molar-refractivity contribution in [2.45, 2.75) is 0 Å². The summed E-state index contributed by atoms with van der Waals surface area (Å²) in [5, 5.41) is 0. The molecular formula is C12H11O6PS. The molecule has 0 aromatic heterocycles. The fourth-order valence-corrected chi connectivity index (χ4v) is 3.40. The van der Waals surface area contributed by atoms with Gasteiger partial charge in [0.25, 0.3) is 0 Å². The van der Waals surface area contributed by atoms with Crippen molar-refractivity contribution in [3.8, 4) is 11.5 Å². The molecule has 106 valence electrons. The summed E-state index contributed by atoms with van der Waals surface area (Å²) < 4.78 is 53.7. The second-order valence-electron chi connectivity index (χ2n) is 3.70. The molecule has 6 nitrogen and oxygen atoms in total. The van der Waals surface area contributed by atoms with E-state index in [1.165, 1.54) is 24.3 Å². The van der Waals surface area contributed by atoms with Crippen molar-refractivity contribution < 1.29 is 26.6 Å². The number of hydrogen-bond donors (Lipinski definition) is 1. The van der Waals surface area contributed by atoms with Gasteiger partial charge in [-0.1, -0.05) is 36.4 Å². The van der Waals surface area contributed by atoms with E-state index in [-0.39, 0.29) is 11.5 Å². The van der Waals surface area contributed by atoms with Crippen LogP contribution in [0.5, 0.6) is 11.5 Å². The van der Waals surface area contributed by atoms with E-state index in [0.717, 1.165) is 0 Å². The third-order valence-corrected chi connectivity index (χ3v) is 5.78. The van der Waals surface area contributed by atoms with Crippen LogP contribution in [0.15, 0.2) is 60.7 Å². The van der Waals surface area contributed by atoms with E-state index < -0.39 is 16.5 Å². The molecule has 8 heteroatoms. The van der Waals surface area contributed by atoms with Crippen LogP contribution in [0.3, 0.4) is 0 Å². The second-order valence-corrected chi connectivity index (χ2v) is 8.58. The first-order chi connectivity index (χ1) is 9.41. The number of hydrogen-bond acceptors (Lipinski definition) is 5. The Kier molecular flexibility index (Phi) is 4.13. The lowest BCUT2D eigenvalue weighted by atomic mass is 10.3. The van der Waals surface area contributed by atoms with E-state index in [0.29, 0.717) is 0 Å². The molecule has 0 saturated carbocycles. The zero-order valence-corrected chi connectivity index (χ0v) is 11.8. The first-order valence-corrected chi connectivity index (χ1v) is 9.06. The molecule has 0 spiro atoms. The van der Waals surface area contributed by atoms with Crippen LogP contribution in [-0.2, 0) is 14.3 Å². The smallest absolute Gasteiger partial charge is 0.404 e. The Hall–Kier alpha value is -1.82. The summed E-state index contributed by atoms with van der Waals surface area (Å²) in [4.78, 5) is 0. The minimum atomic E-state index is -5.05. The first-order valence-electron chi connectivity index (χ1n) is 5.48. The van der Waals surface area contributed by atoms with E-state index in [1.54, 1.807) is 36.4 Å². The number of benzene rings is 2. The molecule has 0 bridgehead atoms. The molecule has 0 saturated heterocycles. The maximum absolute atomic E-state index is 12.3. The maximum atomic E-state index is 12.3. The Balaban J connectivity index is 2.35. The third-order valence-electron chi connectivity index (χ3n) is 2.20. The van der Waals surface area contributed by atoms with Crippen LogP contribution in [0.25, 0.3) is 0 Å². The van der Waals surface area contributed by atoms with Crippen LogP contribution >= 0.6 is 6.80 Å². The average Bonchev–Trinajstić information content (AvgIpc) is 2.39. The molecule has 0 atom stereocenters. The predicted molar refractivity (Wildman–Crippen MR) is 73.3 cm³/mol. The summed E-state index contributed by atoms with van der Waals surface area (Å²) in [6.45, 7) is -4.82. The second kappa shape index (κ2) is 5.66. The van der Waals surface area contributed by atoms with Crippen LogP contribution in [0.4, 0.5) is 0 Å². The van der Waals surface area contributed by atoms with Gasteiger partial charge in [0.15, 0.2) is 0 Å². The fraction of sp³-hybridized carbons (Fsp3) is 0. The first kappa shape index (κ1) is 14.6. The Bertz CT molecular complexity index is 669. The summed E-state index contributed by atoms with van der Waals surface area (Å²) in [5.41, 5.74) is 0. The van der Waals surface area contributed by atoms with Crippen LogP contribution in [-0.4, -0.2) is 13.0 Å². The standard InChI is InChI=1S/C12H11O6PS/c13-19(20(14,15)16,17-11-7-3-1-4-8-11)18-12-9-5-2-6-10-12/h1-10H,(H,14,15,16). The lowest BCUT2D eigenvalue weighted by Crippen LogP contribution is -2.11. The highest BCUT2D eigenvalue weighted by Crippen LogP contribution is 2.53. The molecule has 0 unspecified atom stereocenters. The van der Waals surface area contributed by atoms with E-state index in [1.807, 2.05) is 0 Å². The molecule has 0 aliphatic rings. The molecule has 0 amide bonds. The van der Waals surface area contributed by atoms with Gasteiger partial charge in [-0.2, -0.15) is 8.42 Å². The van der Waals surface area contributed by atoms with Gasteiger partial charge in [-0.3, -0.25) is 4.55 Å². The predicted octanol–water partition coefficient (Wildman–Crippen LogP) is 3.14. The summed E-state index contributed by atoms with van der Waals surface area (Å²) >= 11 is 0. The molecule has 0 heterocycles. The third kappa shape index (κ3) is 3.39. The van der Waals surface area contributed by atoms with Gasteiger partial charge in [-0.05, 0) is 24.3 Å². The van der Waals surface area contributed by atoms with Crippen molar-refractivity contribution in [1.29, 1.82) is 0 Å². The molecule has 0 radical (unpaired) electrons. The highest BCUT2D eigenvalue weighted by atomic mass is 32.8. The van der Waals surface area contributed by atoms with Gasteiger partial charge in [0.1, 0.15) is 11.5 Å². The maximum Gasteiger partial charge on any atom is 0.575 e. The molecule has 2 aromatic carbocycles. The van der Waals surface area contributed by atoms with Crippen LogP contribution < -0.4 is 9.05 Å². The van der Waals surface area contributed by atoms with Crippen molar-refractivity contribution in [2.75, 3.05) is 0 Å². The summed E-state index contributed by atoms with van der Waals surface area (Å²) in [5.74, 6) is 0.00813. The molecular weight excluding hydrogens is 303 g/mol. The van der Waals surface area contributed by atoms with Gasteiger partial charge in [0.05, 0.1) is 0 Å². The van der Waals surface area contributed by atoms with Crippen molar-refractivity contribution in [3.63, 3.8) is 0 Å². The topological polar surface area (TPSA) is 89.9 Å². The molecule has 20 heavy (non-hydrogen) atoms. The lowest BCUT2D eigenvalue weighted by Gasteiger charge is -2.16. The largest absolute Gasteiger partial charge is 0.575 e. The van der Waals surface area contributed by atoms with Gasteiger partial charge < -0.3 is 9.05 Å². The monoisotopic (exact) mass is 314 g/mol. The van der Waals surface area contributed by atoms with E-state index in [4.69, 9.17) is 13.6 Å². The van der Waals surface area contributed by atoms with Crippen LogP contribution in [0.2, 0.25) is 0 Å². The van der Waals surface area contributed by atoms with Crippen LogP contribution in [0.1, 0.15) is 0 Å². The number of para-hydroxylation sites is 2. The van der Waals surface area contributed by atoms with E-state index >= 15 is 0 Å². The zero-order chi connectivity index (χ0) is 14.6. The van der Waals surface area contributed by atoms with Crippen molar-refractivity contribution in [1.82, 2.24) is 0 Å². The summed E-state index contributed by atoms with van der Waals surface area (Å²) in [7, 11) is -5.05. The highest BCUT2D eigenvalue weighted by Gasteiger charge is 2.44. The quantitative estimate of drug-likeness (QED) is 0.673. The minimum absolute atomic E-state index is 0.00406. The Morgan fingerprint density at radius 2 is 1.15 bits per heavy atom. The van der Waals surface area contributed by atoms with Crippen LogP contribution in [0, 0.1) is 0 Å². The van der Waals surface area contributed by atoms with Gasteiger partial charge in [0.2, 0.25) is 0 Å². The lowest BCUT2D eigenvalue weighted by molar-refractivity contribution is 0.389. The Morgan fingerprint density at radius 1 is 0.800 bits per heavy atom. The van der Waals surface area contributed by atoms with Crippen molar-refractivity contribution in [3.05, 3.63) is 60.7 Å². The fourth-order valence-electron chi connectivity index (χ4n) is 1.33. The summed E-state index contributed by atoms with van der Waals surface area (Å²) in [6.07, 6.45) is 0. The van der Waals surface area contributed by atoms with Gasteiger partial charge in [0, 0.05) is 0 Å². The molecule has 0 fully saturated rings. The molecule has 2 aromatic rings. The molecule has 2 rings (SSSR count). The van der Waals surface area contributed by atoms with Gasteiger partial charge in [-0.25, -0.2) is 4.57 Å². The summed E-state index contributed by atoms with van der Waals surface area (Å²) in [6, 6.07) is 15.2. The van der Waals surface area contributed by atoms with Gasteiger partial charge >= 0.3 is 16.5 Å². The normalized spacial score (nSPS) is 11.8.